The zero-order chi connectivity index (χ0) is 24.9. The second-order valence-electron chi connectivity index (χ2n) is 7.89. The van der Waals surface area contributed by atoms with Gasteiger partial charge in [-0.25, -0.2) is 0 Å². The van der Waals surface area contributed by atoms with E-state index in [9.17, 15) is 5.26 Å². The van der Waals surface area contributed by atoms with Crippen LogP contribution in [0.1, 0.15) is 5.56 Å². The Hall–Kier alpha value is -3.58. The third-order valence-electron chi connectivity index (χ3n) is 6.09. The van der Waals surface area contributed by atoms with Crippen molar-refractivity contribution >= 4 is 28.1 Å². The molecule has 0 saturated heterocycles. The lowest BCUT2D eigenvalue weighted by molar-refractivity contribution is -0.244. The molecule has 1 unspecified atom stereocenters. The van der Waals surface area contributed by atoms with Gasteiger partial charge >= 0.3 is 6.18 Å². The molecule has 4 rings (SSSR count). The van der Waals surface area contributed by atoms with E-state index in [4.69, 9.17) is 4.74 Å². The van der Waals surface area contributed by atoms with E-state index < -0.39 is 18.7 Å². The average molecular weight is 489 g/mol. The molecule has 0 N–H and O–H groups in total. The Balaban J connectivity index is 2.38. The number of nitrogens with zero attached hydrogens (tertiary/aromatic N) is 1. The molecule has 0 aromatic heterocycles. The van der Waals surface area contributed by atoms with E-state index in [1.165, 1.54) is 24.3 Å². The molecule has 0 fully saturated rings. The lowest BCUT2D eigenvalue weighted by Gasteiger charge is -2.40. The highest BCUT2D eigenvalue weighted by Crippen LogP contribution is 2.54. The average Bonchev–Trinajstić information content (AvgIpc) is 2.90. The number of benzene rings is 4. The first-order valence-electron chi connectivity index (χ1n) is 10.9. The molecule has 0 amide bonds. The van der Waals surface area contributed by atoms with Crippen LogP contribution in [0.15, 0.2) is 121 Å². The summed E-state index contributed by atoms with van der Waals surface area (Å²) in [5, 5.41) is 12.2. The van der Waals surface area contributed by atoms with Crippen LogP contribution in [0.3, 0.4) is 0 Å². The Bertz CT molecular complexity index is 1260. The molecule has 0 aliphatic heterocycles. The van der Waals surface area contributed by atoms with Crippen LogP contribution in [-0.4, -0.2) is 18.6 Å². The zero-order valence-corrected chi connectivity index (χ0v) is 19.9. The number of nitriles is 1. The van der Waals surface area contributed by atoms with Crippen LogP contribution in [0, 0.1) is 11.3 Å². The molecule has 0 spiro atoms. The summed E-state index contributed by atoms with van der Waals surface area (Å²) in [5.74, 6) is 0. The molecule has 0 bridgehead atoms. The first-order valence-corrected chi connectivity index (χ1v) is 12.7. The van der Waals surface area contributed by atoms with Gasteiger partial charge in [-0.2, -0.15) is 18.4 Å². The normalized spacial score (nSPS) is 13.5. The van der Waals surface area contributed by atoms with Crippen molar-refractivity contribution in [3.63, 3.8) is 0 Å². The van der Waals surface area contributed by atoms with E-state index in [1.807, 2.05) is 18.2 Å². The highest BCUT2D eigenvalue weighted by Gasteiger charge is 2.62. The molecule has 0 aliphatic carbocycles. The molecular formula is C29H23F3NOP. The minimum absolute atomic E-state index is 0.140. The van der Waals surface area contributed by atoms with Crippen LogP contribution >= 0.6 is 6.89 Å². The predicted molar refractivity (Wildman–Crippen MR) is 137 cm³/mol. The van der Waals surface area contributed by atoms with E-state index in [0.717, 1.165) is 7.11 Å². The van der Waals surface area contributed by atoms with Crippen molar-refractivity contribution in [1.29, 1.82) is 5.26 Å². The first kappa shape index (κ1) is 24.5. The van der Waals surface area contributed by atoms with Gasteiger partial charge in [0.1, 0.15) is 0 Å². The summed E-state index contributed by atoms with van der Waals surface area (Å²) in [6.07, 6.45) is -4.92. The Labute approximate surface area is 203 Å². The molecule has 0 heterocycles. The summed E-state index contributed by atoms with van der Waals surface area (Å²) in [7, 11) is 1.02. The molecule has 176 valence electrons. The molecule has 6 heteroatoms. The van der Waals surface area contributed by atoms with Crippen LogP contribution in [0.25, 0.3) is 0 Å². The monoisotopic (exact) mass is 489 g/mol. The van der Waals surface area contributed by atoms with Crippen molar-refractivity contribution in [2.75, 3.05) is 7.11 Å². The number of rotatable bonds is 6. The van der Waals surface area contributed by atoms with Crippen LogP contribution in [0.5, 0.6) is 0 Å². The van der Waals surface area contributed by atoms with E-state index in [2.05, 4.69) is 6.07 Å². The maximum absolute atomic E-state index is 15.3. The SMILES string of the molecule is COC(C(C#N)=P(c1ccccc1)(c1ccccc1)c1ccccc1)(c1ccccc1)C(F)(F)F. The van der Waals surface area contributed by atoms with Crippen LogP contribution in [0.4, 0.5) is 13.2 Å². The third-order valence-corrected chi connectivity index (χ3v) is 10.4. The van der Waals surface area contributed by atoms with Crippen molar-refractivity contribution in [1.82, 2.24) is 0 Å². The van der Waals surface area contributed by atoms with Crippen molar-refractivity contribution in [3.8, 4) is 6.07 Å². The predicted octanol–water partition coefficient (Wildman–Crippen LogP) is 5.78. The Morgan fingerprint density at radius 3 is 1.29 bits per heavy atom. The minimum atomic E-state index is -4.92. The fourth-order valence-electron chi connectivity index (χ4n) is 4.62. The fourth-order valence-corrected chi connectivity index (χ4v) is 9.11. The van der Waals surface area contributed by atoms with E-state index >= 15 is 13.2 Å². The molecule has 4 aromatic rings. The molecular weight excluding hydrogens is 466 g/mol. The van der Waals surface area contributed by atoms with Gasteiger partial charge in [-0.15, -0.1) is 0 Å². The highest BCUT2D eigenvalue weighted by atomic mass is 31.2. The number of ether oxygens (including phenoxy) is 1. The maximum Gasteiger partial charge on any atom is 0.426 e. The zero-order valence-electron chi connectivity index (χ0n) is 19.0. The van der Waals surface area contributed by atoms with Gasteiger partial charge in [0.05, 0.1) is 11.4 Å². The molecule has 1 atom stereocenters. The van der Waals surface area contributed by atoms with Gasteiger partial charge in [-0.1, -0.05) is 121 Å². The second-order valence-corrected chi connectivity index (χ2v) is 11.2. The molecule has 0 aliphatic rings. The van der Waals surface area contributed by atoms with Crippen molar-refractivity contribution in [2.45, 2.75) is 11.8 Å². The minimum Gasteiger partial charge on any atom is -0.359 e. The molecule has 2 nitrogen and oxygen atoms in total. The number of halogens is 3. The third kappa shape index (κ3) is 4.00. The van der Waals surface area contributed by atoms with Crippen LogP contribution < -0.4 is 15.9 Å². The van der Waals surface area contributed by atoms with Gasteiger partial charge in [-0.05, 0) is 28.4 Å². The molecule has 4 aromatic carbocycles. The van der Waals surface area contributed by atoms with Gasteiger partial charge in [0.2, 0.25) is 5.60 Å². The van der Waals surface area contributed by atoms with E-state index in [0.29, 0.717) is 15.9 Å². The van der Waals surface area contributed by atoms with Crippen LogP contribution in [-0.2, 0) is 10.3 Å². The van der Waals surface area contributed by atoms with Crippen LogP contribution in [0.2, 0.25) is 0 Å². The van der Waals surface area contributed by atoms with Gasteiger partial charge in [0.15, 0.2) is 0 Å². The molecule has 0 radical (unpaired) electrons. The lowest BCUT2D eigenvalue weighted by Crippen LogP contribution is -2.53. The van der Waals surface area contributed by atoms with Crippen molar-refractivity contribution < 1.29 is 17.9 Å². The lowest BCUT2D eigenvalue weighted by atomic mass is 9.89. The number of methoxy groups -OCH3 is 1. The highest BCUT2D eigenvalue weighted by molar-refractivity contribution is 7.95. The summed E-state index contributed by atoms with van der Waals surface area (Å²) in [4.78, 5) is 0. The standard InChI is InChI=1S/C29H23F3NOP/c1-34-28(29(30,31)32,23-14-6-2-7-15-23)27(22-33)35(24-16-8-3-9-17-24,25-18-10-4-11-19-25)26-20-12-5-13-21-26/h2-21H,1H3. The van der Waals surface area contributed by atoms with Gasteiger partial charge in [-0.3, -0.25) is 0 Å². The molecule has 0 saturated carbocycles. The smallest absolute Gasteiger partial charge is 0.359 e. The van der Waals surface area contributed by atoms with E-state index in [-0.39, 0.29) is 10.9 Å². The summed E-state index contributed by atoms with van der Waals surface area (Å²) in [6, 6.07) is 36.4. The topological polar surface area (TPSA) is 33.0 Å². The number of hydrogen-bond acceptors (Lipinski definition) is 2. The van der Waals surface area contributed by atoms with Gasteiger partial charge in [0.25, 0.3) is 0 Å². The molecule has 35 heavy (non-hydrogen) atoms. The summed E-state index contributed by atoms with van der Waals surface area (Å²) < 4.78 is 51.3. The van der Waals surface area contributed by atoms with Gasteiger partial charge in [0, 0.05) is 7.11 Å². The number of alkyl halides is 3. The summed E-state index contributed by atoms with van der Waals surface area (Å²) >= 11 is 0. The maximum atomic E-state index is 15.3. The fraction of sp³-hybridized carbons (Fsp3) is 0.103. The Morgan fingerprint density at radius 2 is 1.00 bits per heavy atom. The summed E-state index contributed by atoms with van der Waals surface area (Å²) in [6.45, 7) is -3.35. The first-order chi connectivity index (χ1) is 16.9. The second kappa shape index (κ2) is 9.96. The van der Waals surface area contributed by atoms with Crippen molar-refractivity contribution in [2.24, 2.45) is 0 Å². The van der Waals surface area contributed by atoms with Gasteiger partial charge < -0.3 is 4.74 Å². The largest absolute Gasteiger partial charge is 0.426 e. The quantitative estimate of drug-likeness (QED) is 0.322. The number of hydrogen-bond donors (Lipinski definition) is 0. The summed E-state index contributed by atoms with van der Waals surface area (Å²) in [5.41, 5.74) is -3.10. The Kier molecular flexibility index (Phi) is 6.98. The Morgan fingerprint density at radius 1 is 0.657 bits per heavy atom. The van der Waals surface area contributed by atoms with E-state index in [1.54, 1.807) is 78.9 Å². The van der Waals surface area contributed by atoms with Crippen molar-refractivity contribution in [3.05, 3.63) is 127 Å².